The minimum Gasteiger partial charge on any atom is -0.350 e. The fourth-order valence-electron chi connectivity index (χ4n) is 4.10. The van der Waals surface area contributed by atoms with Crippen LogP contribution < -0.4 is 10.6 Å². The summed E-state index contributed by atoms with van der Waals surface area (Å²) < 4.78 is 0. The van der Waals surface area contributed by atoms with E-state index in [1.54, 1.807) is 6.92 Å². The van der Waals surface area contributed by atoms with Gasteiger partial charge in [-0.2, -0.15) is 0 Å². The first-order chi connectivity index (χ1) is 15.2. The summed E-state index contributed by atoms with van der Waals surface area (Å²) in [5.41, 5.74) is 5.11. The first-order valence-electron chi connectivity index (χ1n) is 11.0. The van der Waals surface area contributed by atoms with Gasteiger partial charge in [0.25, 0.3) is 5.91 Å². The van der Waals surface area contributed by atoms with Gasteiger partial charge >= 0.3 is 0 Å². The number of hydrogen-bond acceptors (Lipinski definition) is 3. The minimum absolute atomic E-state index is 0.203. The molecule has 4 rings (SSSR count). The maximum absolute atomic E-state index is 13.4. The van der Waals surface area contributed by atoms with E-state index in [-0.39, 0.29) is 17.4 Å². The molecule has 1 aromatic heterocycles. The van der Waals surface area contributed by atoms with Gasteiger partial charge in [-0.15, -0.1) is 0 Å². The SMILES string of the molecule is CC(NC(=O)c1c2c(nc3ccccc13)/C(=C\c1ccccc1)CC2)C(=O)NC(C)(C)C. The predicted octanol–water partition coefficient (Wildman–Crippen LogP) is 4.75. The number of fused-ring (bicyclic) bond motifs is 2. The third kappa shape index (κ3) is 4.57. The summed E-state index contributed by atoms with van der Waals surface area (Å²) in [6.45, 7) is 7.47. The quantitative estimate of drug-likeness (QED) is 0.631. The number of aromatic nitrogens is 1. The Bertz CT molecular complexity index is 1210. The molecule has 5 heteroatoms. The Morgan fingerprint density at radius 1 is 1.00 bits per heavy atom. The Morgan fingerprint density at radius 2 is 1.69 bits per heavy atom. The number of allylic oxidation sites excluding steroid dienone is 1. The second kappa shape index (κ2) is 8.58. The molecule has 32 heavy (non-hydrogen) atoms. The molecule has 2 N–H and O–H groups in total. The largest absolute Gasteiger partial charge is 0.350 e. The molecule has 0 saturated carbocycles. The molecule has 1 unspecified atom stereocenters. The maximum Gasteiger partial charge on any atom is 0.252 e. The normalized spacial score (nSPS) is 15.4. The second-order valence-electron chi connectivity index (χ2n) is 9.35. The molecule has 3 aromatic rings. The average molecular weight is 428 g/mol. The van der Waals surface area contributed by atoms with Crippen LogP contribution in [0.25, 0.3) is 22.6 Å². The molecule has 0 saturated heterocycles. The number of nitrogens with zero attached hydrogens (tertiary/aromatic N) is 1. The van der Waals surface area contributed by atoms with Crippen LogP contribution in [0.2, 0.25) is 0 Å². The number of nitrogens with one attached hydrogen (secondary N) is 2. The third-order valence-corrected chi connectivity index (χ3v) is 5.55. The molecule has 2 aromatic carbocycles. The molecule has 164 valence electrons. The molecule has 5 nitrogen and oxygen atoms in total. The lowest BCUT2D eigenvalue weighted by Crippen LogP contribution is -2.51. The number of hydrogen-bond donors (Lipinski definition) is 2. The standard InChI is InChI=1S/C27H29N3O2/c1-17(25(31)30-27(2,3)4)28-26(32)23-20-12-8-9-13-22(20)29-24-19(14-15-21(23)24)16-18-10-6-5-7-11-18/h5-13,16-17H,14-15H2,1-4H3,(H,28,32)(H,30,31)/b19-16-. The number of carbonyl (C=O) groups excluding carboxylic acids is 2. The van der Waals surface area contributed by atoms with Crippen molar-refractivity contribution in [1.82, 2.24) is 15.6 Å². The van der Waals surface area contributed by atoms with Crippen LogP contribution in [0, 0.1) is 0 Å². The molecule has 0 radical (unpaired) electrons. The highest BCUT2D eigenvalue weighted by Gasteiger charge is 2.28. The molecule has 2 amide bonds. The number of benzene rings is 2. The zero-order valence-electron chi connectivity index (χ0n) is 19.0. The van der Waals surface area contributed by atoms with Crippen LogP contribution in [0.3, 0.4) is 0 Å². The van der Waals surface area contributed by atoms with Crippen molar-refractivity contribution < 1.29 is 9.59 Å². The Balaban J connectivity index is 1.73. The molecule has 0 spiro atoms. The fourth-order valence-corrected chi connectivity index (χ4v) is 4.10. The van der Waals surface area contributed by atoms with Crippen LogP contribution in [-0.4, -0.2) is 28.4 Å². The van der Waals surface area contributed by atoms with Gasteiger partial charge in [-0.05, 0) is 69.4 Å². The van der Waals surface area contributed by atoms with Crippen molar-refractivity contribution in [1.29, 1.82) is 0 Å². The van der Waals surface area contributed by atoms with Crippen LogP contribution in [-0.2, 0) is 11.2 Å². The number of carbonyl (C=O) groups is 2. The van der Waals surface area contributed by atoms with Gasteiger partial charge in [0.2, 0.25) is 5.91 Å². The Hall–Kier alpha value is -3.47. The van der Waals surface area contributed by atoms with Crippen molar-refractivity contribution in [2.45, 2.75) is 52.1 Å². The van der Waals surface area contributed by atoms with E-state index < -0.39 is 6.04 Å². The van der Waals surface area contributed by atoms with Gasteiger partial charge in [0, 0.05) is 10.9 Å². The molecular formula is C27H29N3O2. The first kappa shape index (κ1) is 21.8. The van der Waals surface area contributed by atoms with Crippen molar-refractivity contribution in [2.75, 3.05) is 0 Å². The summed E-state index contributed by atoms with van der Waals surface area (Å²) in [5.74, 6) is -0.442. The maximum atomic E-state index is 13.4. The van der Waals surface area contributed by atoms with E-state index in [1.807, 2.05) is 63.2 Å². The van der Waals surface area contributed by atoms with Crippen molar-refractivity contribution in [3.63, 3.8) is 0 Å². The van der Waals surface area contributed by atoms with Gasteiger partial charge in [-0.3, -0.25) is 9.59 Å². The fraction of sp³-hybridized carbons (Fsp3) is 0.296. The Morgan fingerprint density at radius 3 is 2.41 bits per heavy atom. The smallest absolute Gasteiger partial charge is 0.252 e. The van der Waals surface area contributed by atoms with Crippen molar-refractivity contribution in [3.8, 4) is 0 Å². The molecule has 1 heterocycles. The lowest BCUT2D eigenvalue weighted by Gasteiger charge is -2.24. The monoisotopic (exact) mass is 427 g/mol. The van der Waals surface area contributed by atoms with Crippen LogP contribution in [0.15, 0.2) is 54.6 Å². The average Bonchev–Trinajstić information content (AvgIpc) is 3.13. The molecule has 1 atom stereocenters. The van der Waals surface area contributed by atoms with E-state index in [4.69, 9.17) is 4.98 Å². The molecular weight excluding hydrogens is 398 g/mol. The summed E-state index contributed by atoms with van der Waals surface area (Å²) in [7, 11) is 0. The summed E-state index contributed by atoms with van der Waals surface area (Å²) in [4.78, 5) is 30.9. The van der Waals surface area contributed by atoms with E-state index in [1.165, 1.54) is 0 Å². The molecule has 0 aliphatic heterocycles. The van der Waals surface area contributed by atoms with Gasteiger partial charge in [-0.25, -0.2) is 4.98 Å². The van der Waals surface area contributed by atoms with E-state index in [9.17, 15) is 9.59 Å². The Labute approximate surface area is 188 Å². The van der Waals surface area contributed by atoms with E-state index >= 15 is 0 Å². The first-order valence-corrected chi connectivity index (χ1v) is 11.0. The van der Waals surface area contributed by atoms with Crippen molar-refractivity contribution in [2.24, 2.45) is 0 Å². The summed E-state index contributed by atoms with van der Waals surface area (Å²) in [5, 5.41) is 6.64. The van der Waals surface area contributed by atoms with Crippen LogP contribution >= 0.6 is 0 Å². The summed E-state index contributed by atoms with van der Waals surface area (Å²) >= 11 is 0. The van der Waals surface area contributed by atoms with Gasteiger partial charge in [-0.1, -0.05) is 48.5 Å². The van der Waals surface area contributed by atoms with E-state index in [0.717, 1.165) is 46.1 Å². The molecule has 1 aliphatic carbocycles. The number of amides is 2. The highest BCUT2D eigenvalue weighted by Crippen LogP contribution is 2.37. The van der Waals surface area contributed by atoms with Crippen LogP contribution in [0.1, 0.15) is 61.3 Å². The topological polar surface area (TPSA) is 71.1 Å². The lowest BCUT2D eigenvalue weighted by atomic mass is 9.99. The lowest BCUT2D eigenvalue weighted by molar-refractivity contribution is -0.124. The van der Waals surface area contributed by atoms with E-state index in [0.29, 0.717) is 5.56 Å². The molecule has 1 aliphatic rings. The van der Waals surface area contributed by atoms with Crippen LogP contribution in [0.4, 0.5) is 0 Å². The van der Waals surface area contributed by atoms with Crippen LogP contribution in [0.5, 0.6) is 0 Å². The number of para-hydroxylation sites is 1. The number of pyridine rings is 1. The zero-order chi connectivity index (χ0) is 22.9. The summed E-state index contributed by atoms with van der Waals surface area (Å²) in [6.07, 6.45) is 3.72. The summed E-state index contributed by atoms with van der Waals surface area (Å²) in [6, 6.07) is 17.2. The van der Waals surface area contributed by atoms with E-state index in [2.05, 4.69) is 28.8 Å². The van der Waals surface area contributed by atoms with Gasteiger partial charge in [0.15, 0.2) is 0 Å². The third-order valence-electron chi connectivity index (χ3n) is 5.55. The number of rotatable bonds is 4. The highest BCUT2D eigenvalue weighted by molar-refractivity contribution is 6.10. The highest BCUT2D eigenvalue weighted by atomic mass is 16.2. The molecule has 0 bridgehead atoms. The zero-order valence-corrected chi connectivity index (χ0v) is 19.0. The van der Waals surface area contributed by atoms with Crippen molar-refractivity contribution in [3.05, 3.63) is 77.0 Å². The van der Waals surface area contributed by atoms with Crippen molar-refractivity contribution >= 4 is 34.4 Å². The van der Waals surface area contributed by atoms with Gasteiger partial charge in [0.1, 0.15) is 6.04 Å². The predicted molar refractivity (Wildman–Crippen MR) is 129 cm³/mol. The minimum atomic E-state index is -0.648. The second-order valence-corrected chi connectivity index (χ2v) is 9.35. The van der Waals surface area contributed by atoms with Gasteiger partial charge < -0.3 is 10.6 Å². The van der Waals surface area contributed by atoms with Gasteiger partial charge in [0.05, 0.1) is 16.8 Å². The Kier molecular flexibility index (Phi) is 5.83. The molecule has 0 fully saturated rings.